The fourth-order valence-corrected chi connectivity index (χ4v) is 3.06. The lowest BCUT2D eigenvalue weighted by molar-refractivity contribution is 0.101. The Morgan fingerprint density at radius 3 is 1.66 bits per heavy atom. The number of phenolic OH excluding ortho intramolecular Hbond substituents is 2. The second-order valence-electron chi connectivity index (χ2n) is 5.93. The fourth-order valence-electron chi connectivity index (χ4n) is 2.48. The average Bonchev–Trinajstić information content (AvgIpc) is 2.67. The highest BCUT2D eigenvalue weighted by atomic mass is 35.5. The van der Waals surface area contributed by atoms with Crippen molar-refractivity contribution in [1.82, 2.24) is 0 Å². The van der Waals surface area contributed by atoms with Gasteiger partial charge in [0.15, 0.2) is 0 Å². The minimum Gasteiger partial charge on any atom is -0.508 e. The maximum atomic E-state index is 12.6. The lowest BCUT2D eigenvalue weighted by Crippen LogP contribution is -2.17. The van der Waals surface area contributed by atoms with Gasteiger partial charge in [0.2, 0.25) is 0 Å². The van der Waals surface area contributed by atoms with Crippen LogP contribution >= 0.6 is 34.8 Å². The summed E-state index contributed by atoms with van der Waals surface area (Å²) in [5.74, 6) is -1.46. The van der Waals surface area contributed by atoms with Gasteiger partial charge in [-0.15, -0.1) is 0 Å². The number of benzene rings is 3. The van der Waals surface area contributed by atoms with E-state index in [0.29, 0.717) is 5.02 Å². The number of rotatable bonds is 4. The first kappa shape index (κ1) is 20.8. The van der Waals surface area contributed by atoms with Crippen LogP contribution in [0.3, 0.4) is 0 Å². The highest BCUT2D eigenvalue weighted by Gasteiger charge is 2.17. The Morgan fingerprint density at radius 1 is 0.655 bits per heavy atom. The lowest BCUT2D eigenvalue weighted by atomic mass is 10.1. The molecule has 3 rings (SSSR count). The van der Waals surface area contributed by atoms with E-state index in [2.05, 4.69) is 10.6 Å². The van der Waals surface area contributed by atoms with Crippen molar-refractivity contribution in [3.05, 3.63) is 80.8 Å². The summed E-state index contributed by atoms with van der Waals surface area (Å²) in [6.45, 7) is 0. The Hall–Kier alpha value is -2.93. The zero-order chi connectivity index (χ0) is 21.1. The molecule has 0 heterocycles. The monoisotopic (exact) mass is 450 g/mol. The number of phenols is 2. The zero-order valence-corrected chi connectivity index (χ0v) is 16.8. The molecule has 0 radical (unpaired) electrons. The van der Waals surface area contributed by atoms with Crippen molar-refractivity contribution in [2.75, 3.05) is 10.6 Å². The second kappa shape index (κ2) is 8.61. The molecule has 0 aromatic heterocycles. The van der Waals surface area contributed by atoms with E-state index in [1.807, 2.05) is 0 Å². The molecule has 2 amide bonds. The predicted octanol–water partition coefficient (Wildman–Crippen LogP) is 5.56. The zero-order valence-electron chi connectivity index (χ0n) is 14.5. The molecule has 29 heavy (non-hydrogen) atoms. The topological polar surface area (TPSA) is 98.7 Å². The van der Waals surface area contributed by atoms with Gasteiger partial charge in [0.1, 0.15) is 11.5 Å². The van der Waals surface area contributed by atoms with E-state index in [4.69, 9.17) is 34.8 Å². The number of nitrogens with one attached hydrogen (secondary N) is 2. The Kier molecular flexibility index (Phi) is 6.17. The number of hydrogen-bond acceptors (Lipinski definition) is 4. The number of anilines is 2. The molecule has 0 saturated carbocycles. The minimum atomic E-state index is -0.612. The van der Waals surface area contributed by atoms with Crippen LogP contribution in [0.1, 0.15) is 20.7 Å². The summed E-state index contributed by atoms with van der Waals surface area (Å²) in [5, 5.41) is 25.0. The number of hydrogen-bond donors (Lipinski definition) is 4. The van der Waals surface area contributed by atoms with E-state index in [1.165, 1.54) is 54.6 Å². The van der Waals surface area contributed by atoms with Crippen LogP contribution in [-0.2, 0) is 0 Å². The van der Waals surface area contributed by atoms with E-state index in [1.54, 1.807) is 0 Å². The van der Waals surface area contributed by atoms with Gasteiger partial charge in [-0.3, -0.25) is 9.59 Å². The highest BCUT2D eigenvalue weighted by Crippen LogP contribution is 2.30. The first-order valence-electron chi connectivity index (χ1n) is 8.14. The van der Waals surface area contributed by atoms with Crippen LogP contribution in [0.4, 0.5) is 11.4 Å². The molecular formula is C20H13Cl3N2O4. The lowest BCUT2D eigenvalue weighted by Gasteiger charge is -2.14. The fraction of sp³-hybridized carbons (Fsp3) is 0. The van der Waals surface area contributed by atoms with E-state index in [9.17, 15) is 19.8 Å². The third-order valence-electron chi connectivity index (χ3n) is 3.87. The molecule has 0 spiro atoms. The molecule has 0 bridgehead atoms. The van der Waals surface area contributed by atoms with Gasteiger partial charge in [-0.2, -0.15) is 0 Å². The number of carbonyl (C=O) groups excluding carboxylic acids is 2. The number of carbonyl (C=O) groups is 2. The van der Waals surface area contributed by atoms with Gasteiger partial charge in [0, 0.05) is 5.02 Å². The Labute approximate surface area is 180 Å². The van der Waals surface area contributed by atoms with Gasteiger partial charge in [-0.05, 0) is 54.6 Å². The van der Waals surface area contributed by atoms with Crippen molar-refractivity contribution >= 4 is 58.0 Å². The smallest absolute Gasteiger partial charge is 0.257 e. The minimum absolute atomic E-state index is 0.0416. The maximum absolute atomic E-state index is 12.6. The van der Waals surface area contributed by atoms with Gasteiger partial charge < -0.3 is 20.8 Å². The van der Waals surface area contributed by atoms with Crippen molar-refractivity contribution in [2.24, 2.45) is 0 Å². The van der Waals surface area contributed by atoms with Gasteiger partial charge >= 0.3 is 0 Å². The summed E-state index contributed by atoms with van der Waals surface area (Å²) in [4.78, 5) is 25.2. The molecular weight excluding hydrogens is 439 g/mol. The van der Waals surface area contributed by atoms with Crippen LogP contribution < -0.4 is 10.6 Å². The second-order valence-corrected chi connectivity index (χ2v) is 7.18. The van der Waals surface area contributed by atoms with Crippen molar-refractivity contribution < 1.29 is 19.8 Å². The first-order valence-corrected chi connectivity index (χ1v) is 9.27. The van der Waals surface area contributed by atoms with Gasteiger partial charge in [-0.1, -0.05) is 34.8 Å². The van der Waals surface area contributed by atoms with Gasteiger partial charge in [-0.25, -0.2) is 0 Å². The summed E-state index contributed by atoms with van der Waals surface area (Å²) < 4.78 is 0. The number of halogens is 3. The number of aromatic hydroxyl groups is 2. The molecule has 0 fully saturated rings. The molecule has 0 saturated heterocycles. The van der Waals surface area contributed by atoms with Crippen LogP contribution in [-0.4, -0.2) is 22.0 Å². The third kappa shape index (κ3) is 4.92. The van der Waals surface area contributed by atoms with E-state index < -0.39 is 11.8 Å². The van der Waals surface area contributed by atoms with Crippen LogP contribution in [0.25, 0.3) is 0 Å². The standard InChI is InChI=1S/C20H13Cl3N2O4/c21-10-1-6-17(24-19(28)13-8-11(26)2-4-15(13)22)18(7-10)25-20(29)14-9-12(27)3-5-16(14)23/h1-9,26-27H,(H,24,28)(H,25,29). The maximum Gasteiger partial charge on any atom is 0.257 e. The Balaban J connectivity index is 1.90. The molecule has 4 N–H and O–H groups in total. The van der Waals surface area contributed by atoms with Crippen LogP contribution in [0, 0.1) is 0 Å². The molecule has 0 aliphatic carbocycles. The predicted molar refractivity (Wildman–Crippen MR) is 114 cm³/mol. The molecule has 9 heteroatoms. The van der Waals surface area contributed by atoms with Crippen LogP contribution in [0.15, 0.2) is 54.6 Å². The van der Waals surface area contributed by atoms with Gasteiger partial charge in [0.25, 0.3) is 11.8 Å². The largest absolute Gasteiger partial charge is 0.508 e. The molecule has 0 atom stereocenters. The molecule has 0 unspecified atom stereocenters. The molecule has 3 aromatic rings. The summed E-state index contributed by atoms with van der Waals surface area (Å²) in [7, 11) is 0. The highest BCUT2D eigenvalue weighted by molar-refractivity contribution is 6.35. The summed E-state index contributed by atoms with van der Waals surface area (Å²) in [5.41, 5.74) is 0.532. The molecule has 0 aliphatic heterocycles. The average molecular weight is 452 g/mol. The van der Waals surface area contributed by atoms with E-state index in [0.717, 1.165) is 0 Å². The number of amides is 2. The van der Waals surface area contributed by atoms with Crippen molar-refractivity contribution in [3.63, 3.8) is 0 Å². The quantitative estimate of drug-likeness (QED) is 0.417. The third-order valence-corrected chi connectivity index (χ3v) is 4.76. The molecule has 0 aliphatic rings. The summed E-state index contributed by atoms with van der Waals surface area (Å²) in [6, 6.07) is 12.4. The summed E-state index contributed by atoms with van der Waals surface area (Å²) in [6.07, 6.45) is 0. The molecule has 6 nitrogen and oxygen atoms in total. The molecule has 148 valence electrons. The van der Waals surface area contributed by atoms with Crippen molar-refractivity contribution in [2.45, 2.75) is 0 Å². The van der Waals surface area contributed by atoms with E-state index in [-0.39, 0.29) is 44.0 Å². The van der Waals surface area contributed by atoms with E-state index >= 15 is 0 Å². The normalized spacial score (nSPS) is 10.4. The SMILES string of the molecule is O=C(Nc1ccc(Cl)cc1NC(=O)c1cc(O)ccc1Cl)c1cc(O)ccc1Cl. The van der Waals surface area contributed by atoms with Crippen molar-refractivity contribution in [1.29, 1.82) is 0 Å². The summed E-state index contributed by atoms with van der Waals surface area (Å²) >= 11 is 18.1. The Morgan fingerprint density at radius 2 is 1.14 bits per heavy atom. The van der Waals surface area contributed by atoms with Crippen LogP contribution in [0.5, 0.6) is 11.5 Å². The van der Waals surface area contributed by atoms with Crippen molar-refractivity contribution in [3.8, 4) is 11.5 Å². The van der Waals surface area contributed by atoms with Gasteiger partial charge in [0.05, 0.1) is 32.5 Å². The Bertz CT molecular complexity index is 1120. The first-order chi connectivity index (χ1) is 13.7. The molecule has 3 aromatic carbocycles. The van der Waals surface area contributed by atoms with Crippen LogP contribution in [0.2, 0.25) is 15.1 Å².